The third-order valence-corrected chi connectivity index (χ3v) is 6.14. The van der Waals surface area contributed by atoms with Gasteiger partial charge in [-0.15, -0.1) is 11.3 Å². The summed E-state index contributed by atoms with van der Waals surface area (Å²) in [6.45, 7) is 2.58. The maximum absolute atomic E-state index is 13.5. The molecule has 1 atom stereocenters. The molecule has 0 aliphatic carbocycles. The third kappa shape index (κ3) is 3.15. The molecule has 162 valence electrons. The second-order valence-electron chi connectivity index (χ2n) is 7.32. The van der Waals surface area contributed by atoms with E-state index in [1.165, 1.54) is 16.2 Å². The van der Waals surface area contributed by atoms with Crippen molar-refractivity contribution in [1.29, 1.82) is 0 Å². The van der Waals surface area contributed by atoms with Crippen molar-refractivity contribution in [3.8, 4) is 11.5 Å². The topological polar surface area (TPSA) is 81.9 Å². The normalized spacial score (nSPS) is 15.2. The van der Waals surface area contributed by atoms with E-state index in [4.69, 9.17) is 13.9 Å². The van der Waals surface area contributed by atoms with E-state index in [2.05, 4.69) is 4.98 Å². The van der Waals surface area contributed by atoms with Crippen molar-refractivity contribution in [1.82, 2.24) is 4.98 Å². The van der Waals surface area contributed by atoms with Gasteiger partial charge in [0.1, 0.15) is 5.58 Å². The molecule has 2 aromatic heterocycles. The summed E-state index contributed by atoms with van der Waals surface area (Å²) < 4.78 is 17.3. The Morgan fingerprint density at radius 2 is 2.00 bits per heavy atom. The lowest BCUT2D eigenvalue weighted by molar-refractivity contribution is 0.0971. The van der Waals surface area contributed by atoms with Gasteiger partial charge in [0.15, 0.2) is 22.1 Å². The predicted octanol–water partition coefficient (Wildman–Crippen LogP) is 4.80. The van der Waals surface area contributed by atoms with E-state index < -0.39 is 11.9 Å². The average Bonchev–Trinajstić information content (AvgIpc) is 3.44. The van der Waals surface area contributed by atoms with Crippen molar-refractivity contribution in [3.05, 3.63) is 81.2 Å². The van der Waals surface area contributed by atoms with E-state index in [0.29, 0.717) is 45.3 Å². The number of carbonyl (C=O) groups excluding carboxylic acids is 1. The number of nitrogens with zero attached hydrogens (tertiary/aromatic N) is 2. The largest absolute Gasteiger partial charge is 0.493 e. The highest BCUT2D eigenvalue weighted by atomic mass is 32.1. The van der Waals surface area contributed by atoms with Gasteiger partial charge in [0.2, 0.25) is 5.76 Å². The van der Waals surface area contributed by atoms with Gasteiger partial charge in [-0.3, -0.25) is 14.5 Å². The molecule has 1 aliphatic rings. The second kappa shape index (κ2) is 8.12. The van der Waals surface area contributed by atoms with Gasteiger partial charge in [-0.25, -0.2) is 4.98 Å². The van der Waals surface area contributed by atoms with Gasteiger partial charge < -0.3 is 13.9 Å². The molecule has 5 rings (SSSR count). The van der Waals surface area contributed by atoms with Crippen LogP contribution in [0, 0.1) is 0 Å². The molecule has 0 saturated carbocycles. The van der Waals surface area contributed by atoms with Crippen LogP contribution in [-0.4, -0.2) is 24.6 Å². The van der Waals surface area contributed by atoms with Crippen LogP contribution in [0.25, 0.3) is 11.0 Å². The molecule has 0 bridgehead atoms. The molecule has 0 N–H and O–H groups in total. The molecule has 8 heteroatoms. The Balaban J connectivity index is 1.73. The van der Waals surface area contributed by atoms with Gasteiger partial charge in [-0.2, -0.15) is 0 Å². The van der Waals surface area contributed by atoms with Crippen LogP contribution < -0.4 is 19.8 Å². The number of benzene rings is 2. The van der Waals surface area contributed by atoms with Crippen molar-refractivity contribution >= 4 is 33.3 Å². The molecule has 0 fully saturated rings. The molecule has 2 aromatic carbocycles. The summed E-state index contributed by atoms with van der Waals surface area (Å²) in [6, 6.07) is 11.7. The van der Waals surface area contributed by atoms with E-state index in [0.717, 1.165) is 6.42 Å². The number of methoxy groups -OCH3 is 1. The van der Waals surface area contributed by atoms with Crippen molar-refractivity contribution in [2.24, 2.45) is 0 Å². The minimum atomic E-state index is -0.696. The first kappa shape index (κ1) is 20.3. The zero-order valence-corrected chi connectivity index (χ0v) is 18.3. The van der Waals surface area contributed by atoms with Gasteiger partial charge in [-0.1, -0.05) is 25.1 Å². The number of rotatable bonds is 6. The number of anilines is 1. The SMILES string of the molecule is CCCOc1ccc([C@@H]2c3c(oc4ccccc4c3=O)C(=O)N2c2nccs2)cc1OC. The average molecular weight is 449 g/mol. The maximum Gasteiger partial charge on any atom is 0.297 e. The van der Waals surface area contributed by atoms with Crippen molar-refractivity contribution in [2.45, 2.75) is 19.4 Å². The Bertz CT molecular complexity index is 1360. The van der Waals surface area contributed by atoms with Crippen LogP contribution in [-0.2, 0) is 0 Å². The summed E-state index contributed by atoms with van der Waals surface area (Å²) in [6.07, 6.45) is 2.49. The van der Waals surface area contributed by atoms with E-state index in [9.17, 15) is 9.59 Å². The van der Waals surface area contributed by atoms with Crippen LogP contribution in [0.2, 0.25) is 0 Å². The summed E-state index contributed by atoms with van der Waals surface area (Å²) in [5, 5.41) is 2.71. The van der Waals surface area contributed by atoms with Gasteiger partial charge in [0.05, 0.1) is 30.7 Å². The van der Waals surface area contributed by atoms with E-state index in [1.807, 2.05) is 13.0 Å². The van der Waals surface area contributed by atoms with Crippen LogP contribution in [0.4, 0.5) is 5.13 Å². The number of amides is 1. The highest BCUT2D eigenvalue weighted by Gasteiger charge is 2.45. The summed E-state index contributed by atoms with van der Waals surface area (Å²) in [7, 11) is 1.56. The third-order valence-electron chi connectivity index (χ3n) is 5.37. The molecule has 0 radical (unpaired) electrons. The van der Waals surface area contributed by atoms with Crippen LogP contribution in [0.5, 0.6) is 11.5 Å². The molecular weight excluding hydrogens is 428 g/mol. The Morgan fingerprint density at radius 1 is 1.16 bits per heavy atom. The van der Waals surface area contributed by atoms with E-state index in [-0.39, 0.29) is 11.2 Å². The van der Waals surface area contributed by atoms with E-state index >= 15 is 0 Å². The van der Waals surface area contributed by atoms with Crippen molar-refractivity contribution < 1.29 is 18.7 Å². The quantitative estimate of drug-likeness (QED) is 0.422. The summed E-state index contributed by atoms with van der Waals surface area (Å²) >= 11 is 1.32. The maximum atomic E-state index is 13.5. The van der Waals surface area contributed by atoms with Gasteiger partial charge in [-0.05, 0) is 36.2 Å². The van der Waals surface area contributed by atoms with Crippen LogP contribution in [0.15, 0.2) is 63.3 Å². The lowest BCUT2D eigenvalue weighted by atomic mass is 9.98. The molecule has 0 spiro atoms. The molecule has 0 unspecified atom stereocenters. The molecule has 0 saturated heterocycles. The minimum absolute atomic E-state index is 0.0409. The fourth-order valence-electron chi connectivity index (χ4n) is 3.95. The Morgan fingerprint density at radius 3 is 2.75 bits per heavy atom. The van der Waals surface area contributed by atoms with Crippen LogP contribution >= 0.6 is 11.3 Å². The molecule has 3 heterocycles. The number of thiazole rings is 1. The summed E-state index contributed by atoms with van der Waals surface area (Å²) in [5.41, 5.74) is 1.15. The molecule has 1 amide bonds. The number of ether oxygens (including phenoxy) is 2. The number of fused-ring (bicyclic) bond motifs is 2. The summed E-state index contributed by atoms with van der Waals surface area (Å²) in [5.74, 6) is 0.780. The lowest BCUT2D eigenvalue weighted by Gasteiger charge is -2.23. The van der Waals surface area contributed by atoms with Gasteiger partial charge in [0.25, 0.3) is 5.91 Å². The second-order valence-corrected chi connectivity index (χ2v) is 8.19. The highest BCUT2D eigenvalue weighted by molar-refractivity contribution is 7.13. The smallest absolute Gasteiger partial charge is 0.297 e. The standard InChI is InChI=1S/C24H20N2O5S/c1-3-11-30-17-9-8-14(13-18(17)29-2)20-19-21(27)15-6-4-5-7-16(15)31-22(19)23(28)26(20)24-25-10-12-32-24/h4-10,12-13,20H,3,11H2,1-2H3/t20-/m1/s1. The van der Waals surface area contributed by atoms with Crippen LogP contribution in [0.1, 0.15) is 41.1 Å². The number of hydrogen-bond donors (Lipinski definition) is 0. The first-order valence-electron chi connectivity index (χ1n) is 10.2. The van der Waals surface area contributed by atoms with Gasteiger partial charge >= 0.3 is 0 Å². The van der Waals surface area contributed by atoms with Crippen molar-refractivity contribution in [2.75, 3.05) is 18.6 Å². The fraction of sp³-hybridized carbons (Fsp3) is 0.208. The number of carbonyl (C=O) groups is 1. The monoisotopic (exact) mass is 448 g/mol. The fourth-order valence-corrected chi connectivity index (χ4v) is 4.62. The van der Waals surface area contributed by atoms with Gasteiger partial charge in [0, 0.05) is 11.6 Å². The molecule has 4 aromatic rings. The predicted molar refractivity (Wildman–Crippen MR) is 122 cm³/mol. The zero-order valence-electron chi connectivity index (χ0n) is 17.5. The van der Waals surface area contributed by atoms with Crippen molar-refractivity contribution in [3.63, 3.8) is 0 Å². The molecular formula is C24H20N2O5S. The lowest BCUT2D eigenvalue weighted by Crippen LogP contribution is -2.29. The first-order valence-corrected chi connectivity index (χ1v) is 11.1. The minimum Gasteiger partial charge on any atom is -0.493 e. The molecule has 32 heavy (non-hydrogen) atoms. The zero-order chi connectivity index (χ0) is 22.2. The number of aromatic nitrogens is 1. The Kier molecular flexibility index (Phi) is 5.14. The number of hydrogen-bond acceptors (Lipinski definition) is 7. The first-order chi connectivity index (χ1) is 15.6. The highest BCUT2D eigenvalue weighted by Crippen LogP contribution is 2.43. The summed E-state index contributed by atoms with van der Waals surface area (Å²) in [4.78, 5) is 32.8. The van der Waals surface area contributed by atoms with E-state index in [1.54, 1.807) is 55.1 Å². The Labute approximate surface area is 187 Å². The Hall–Kier alpha value is -3.65. The number of para-hydroxylation sites is 1. The molecule has 1 aliphatic heterocycles. The van der Waals surface area contributed by atoms with Crippen LogP contribution in [0.3, 0.4) is 0 Å². The molecule has 7 nitrogen and oxygen atoms in total.